The number of hydrogen-bond donors (Lipinski definition) is 0. The lowest BCUT2D eigenvalue weighted by Crippen LogP contribution is -2.22. The molecule has 164 valence electrons. The maximum absolute atomic E-state index is 13.2. The van der Waals surface area contributed by atoms with Crippen LogP contribution in [0.25, 0.3) is 17.1 Å². The average Bonchev–Trinajstić information content (AvgIpc) is 2.73. The van der Waals surface area contributed by atoms with Crippen molar-refractivity contribution in [2.24, 2.45) is 0 Å². The van der Waals surface area contributed by atoms with Gasteiger partial charge in [0.25, 0.3) is 5.56 Å². The van der Waals surface area contributed by atoms with Gasteiger partial charge in [0.1, 0.15) is 16.0 Å². The summed E-state index contributed by atoms with van der Waals surface area (Å²) in [4.78, 5) is 26.7. The number of ether oxygens (including phenoxy) is 1. The Bertz CT molecular complexity index is 1160. The number of nitrogens with zero attached hydrogens (tertiary/aromatic N) is 4. The zero-order chi connectivity index (χ0) is 22.7. The topological polar surface area (TPSA) is 69.9 Å². The molecular formula is C23H26BrClN4O2. The second-order valence-electron chi connectivity index (χ2n) is 7.74. The first-order chi connectivity index (χ1) is 14.7. The van der Waals surface area contributed by atoms with Gasteiger partial charge in [-0.05, 0) is 47.8 Å². The van der Waals surface area contributed by atoms with E-state index in [1.807, 2.05) is 33.8 Å². The Balaban J connectivity index is 2.12. The molecule has 0 atom stereocenters. The summed E-state index contributed by atoms with van der Waals surface area (Å²) >= 11 is 9.88. The molecule has 0 bridgehead atoms. The zero-order valence-electron chi connectivity index (χ0n) is 18.4. The number of halogens is 2. The standard InChI is InChI=1S/C23H26BrClN4O2/c1-6-7-8-31-19-9-15(5)29(23(30)20(19)24)18-10-17(26-12-16(18)25)21-14(4)11-27-22(28-21)13(2)3/h9-13H,6-8H2,1-5H3. The molecule has 0 spiro atoms. The minimum atomic E-state index is -0.243. The van der Waals surface area contributed by atoms with Crippen molar-refractivity contribution in [3.05, 3.63) is 61.5 Å². The number of pyridine rings is 2. The number of rotatable bonds is 7. The molecule has 0 amide bonds. The zero-order valence-corrected chi connectivity index (χ0v) is 20.7. The van der Waals surface area contributed by atoms with E-state index < -0.39 is 0 Å². The number of unbranched alkanes of at least 4 members (excludes halogenated alkanes) is 1. The molecule has 0 aromatic carbocycles. The Morgan fingerprint density at radius 2 is 1.94 bits per heavy atom. The van der Waals surface area contributed by atoms with E-state index in [1.54, 1.807) is 23.0 Å². The molecule has 0 aliphatic rings. The van der Waals surface area contributed by atoms with Crippen LogP contribution in [0.3, 0.4) is 0 Å². The van der Waals surface area contributed by atoms with E-state index in [0.717, 1.165) is 29.9 Å². The molecule has 0 N–H and O–H groups in total. The highest BCUT2D eigenvalue weighted by atomic mass is 79.9. The van der Waals surface area contributed by atoms with E-state index in [-0.39, 0.29) is 11.5 Å². The van der Waals surface area contributed by atoms with E-state index >= 15 is 0 Å². The van der Waals surface area contributed by atoms with Gasteiger partial charge < -0.3 is 4.74 Å². The summed E-state index contributed by atoms with van der Waals surface area (Å²) in [6, 6.07) is 3.63. The van der Waals surface area contributed by atoms with Gasteiger partial charge in [-0.2, -0.15) is 0 Å². The fourth-order valence-electron chi connectivity index (χ4n) is 3.13. The van der Waals surface area contributed by atoms with Gasteiger partial charge in [0.05, 0.1) is 28.7 Å². The molecule has 0 unspecified atom stereocenters. The predicted molar refractivity (Wildman–Crippen MR) is 128 cm³/mol. The first-order valence-corrected chi connectivity index (χ1v) is 11.5. The maximum atomic E-state index is 13.2. The predicted octanol–water partition coefficient (Wildman–Crippen LogP) is 6.02. The van der Waals surface area contributed by atoms with E-state index in [2.05, 4.69) is 32.8 Å². The third-order valence-corrected chi connectivity index (χ3v) is 5.90. The van der Waals surface area contributed by atoms with E-state index in [4.69, 9.17) is 21.3 Å². The SMILES string of the molecule is CCCCOc1cc(C)n(-c2cc(-c3nc(C(C)C)ncc3C)ncc2Cl)c(=O)c1Br. The molecule has 3 heterocycles. The lowest BCUT2D eigenvalue weighted by molar-refractivity contribution is 0.306. The first kappa shape index (κ1) is 23.4. The van der Waals surface area contributed by atoms with Gasteiger partial charge in [0.15, 0.2) is 0 Å². The molecule has 8 heteroatoms. The van der Waals surface area contributed by atoms with Gasteiger partial charge in [0, 0.05) is 30.1 Å². The molecule has 0 aliphatic carbocycles. The molecule has 0 fully saturated rings. The van der Waals surface area contributed by atoms with Gasteiger partial charge in [0.2, 0.25) is 0 Å². The Morgan fingerprint density at radius 3 is 2.61 bits per heavy atom. The minimum absolute atomic E-state index is 0.187. The van der Waals surface area contributed by atoms with Crippen molar-refractivity contribution in [1.82, 2.24) is 19.5 Å². The van der Waals surface area contributed by atoms with Crippen LogP contribution in [0.5, 0.6) is 5.75 Å². The fourth-order valence-corrected chi connectivity index (χ4v) is 3.73. The summed E-state index contributed by atoms with van der Waals surface area (Å²) in [5, 5.41) is 0.372. The second kappa shape index (κ2) is 9.92. The number of aromatic nitrogens is 4. The quantitative estimate of drug-likeness (QED) is 0.367. The van der Waals surface area contributed by atoms with Crippen LogP contribution in [-0.2, 0) is 0 Å². The molecule has 3 aromatic heterocycles. The van der Waals surface area contributed by atoms with Gasteiger partial charge in [-0.1, -0.05) is 38.8 Å². The summed E-state index contributed by atoms with van der Waals surface area (Å²) in [6.45, 7) is 10.5. The van der Waals surface area contributed by atoms with Crippen molar-refractivity contribution in [3.8, 4) is 22.8 Å². The Kier molecular flexibility index (Phi) is 7.49. The van der Waals surface area contributed by atoms with E-state index in [0.29, 0.717) is 38.9 Å². The summed E-state index contributed by atoms with van der Waals surface area (Å²) in [7, 11) is 0. The molecule has 6 nitrogen and oxygen atoms in total. The molecule has 0 saturated carbocycles. The van der Waals surface area contributed by atoms with Crippen molar-refractivity contribution < 1.29 is 4.74 Å². The van der Waals surface area contributed by atoms with E-state index in [1.165, 1.54) is 0 Å². The van der Waals surface area contributed by atoms with Crippen molar-refractivity contribution in [2.45, 2.75) is 53.4 Å². The average molecular weight is 506 g/mol. The van der Waals surface area contributed by atoms with Crippen LogP contribution < -0.4 is 10.3 Å². The largest absolute Gasteiger partial charge is 0.492 e. The van der Waals surface area contributed by atoms with Gasteiger partial charge in [-0.25, -0.2) is 9.97 Å². The van der Waals surface area contributed by atoms with Crippen LogP contribution in [0.1, 0.15) is 56.6 Å². The Hall–Kier alpha value is -2.25. The molecule has 0 aliphatic heterocycles. The summed E-state index contributed by atoms with van der Waals surface area (Å²) < 4.78 is 7.71. The molecule has 3 aromatic rings. The second-order valence-corrected chi connectivity index (χ2v) is 8.94. The van der Waals surface area contributed by atoms with Gasteiger partial charge >= 0.3 is 0 Å². The summed E-state index contributed by atoms with van der Waals surface area (Å²) in [5.41, 5.74) is 3.26. The van der Waals surface area contributed by atoms with Gasteiger partial charge in [-0.3, -0.25) is 14.3 Å². The summed E-state index contributed by atoms with van der Waals surface area (Å²) in [5.74, 6) is 1.46. The van der Waals surface area contributed by atoms with Crippen LogP contribution in [-0.4, -0.2) is 26.1 Å². The fraction of sp³-hybridized carbons (Fsp3) is 0.391. The monoisotopic (exact) mass is 504 g/mol. The Morgan fingerprint density at radius 1 is 1.19 bits per heavy atom. The normalized spacial score (nSPS) is 11.2. The molecule has 3 rings (SSSR count). The lowest BCUT2D eigenvalue weighted by Gasteiger charge is -2.16. The Labute approximate surface area is 195 Å². The summed E-state index contributed by atoms with van der Waals surface area (Å²) in [6.07, 6.45) is 5.28. The lowest BCUT2D eigenvalue weighted by atomic mass is 10.1. The van der Waals surface area contributed by atoms with Crippen molar-refractivity contribution >= 4 is 27.5 Å². The van der Waals surface area contributed by atoms with Crippen LogP contribution in [0.2, 0.25) is 5.02 Å². The van der Waals surface area contributed by atoms with Gasteiger partial charge in [-0.15, -0.1) is 0 Å². The van der Waals surface area contributed by atoms with Crippen LogP contribution >= 0.6 is 27.5 Å². The van der Waals surface area contributed by atoms with Crippen molar-refractivity contribution in [3.63, 3.8) is 0 Å². The minimum Gasteiger partial charge on any atom is -0.492 e. The van der Waals surface area contributed by atoms with Crippen LogP contribution in [0.4, 0.5) is 0 Å². The first-order valence-electron chi connectivity index (χ1n) is 10.3. The van der Waals surface area contributed by atoms with Crippen molar-refractivity contribution in [2.75, 3.05) is 6.61 Å². The molecule has 0 radical (unpaired) electrons. The van der Waals surface area contributed by atoms with E-state index in [9.17, 15) is 4.79 Å². The molecule has 31 heavy (non-hydrogen) atoms. The third kappa shape index (κ3) is 4.99. The maximum Gasteiger partial charge on any atom is 0.273 e. The number of hydrogen-bond acceptors (Lipinski definition) is 5. The molecular weight excluding hydrogens is 480 g/mol. The molecule has 0 saturated heterocycles. The highest BCUT2D eigenvalue weighted by Crippen LogP contribution is 2.30. The smallest absolute Gasteiger partial charge is 0.273 e. The highest BCUT2D eigenvalue weighted by Gasteiger charge is 2.18. The van der Waals surface area contributed by atoms with Crippen molar-refractivity contribution in [1.29, 1.82) is 0 Å². The number of aryl methyl sites for hydroxylation is 2. The third-order valence-electron chi connectivity index (χ3n) is 4.88. The van der Waals surface area contributed by atoms with Crippen LogP contribution in [0.15, 0.2) is 33.8 Å². The highest BCUT2D eigenvalue weighted by molar-refractivity contribution is 9.10. The van der Waals surface area contributed by atoms with Crippen LogP contribution in [0, 0.1) is 13.8 Å².